The summed E-state index contributed by atoms with van der Waals surface area (Å²) in [4.78, 5) is 1.88. The third-order valence-corrected chi connectivity index (χ3v) is 3.59. The molecular formula is C9H16FN. The van der Waals surface area contributed by atoms with Gasteiger partial charge in [-0.05, 0) is 31.7 Å². The number of rotatable bonds is 0. The van der Waals surface area contributed by atoms with Gasteiger partial charge in [0.05, 0.1) is 0 Å². The molecule has 0 radical (unpaired) electrons. The van der Waals surface area contributed by atoms with Gasteiger partial charge in [-0.25, -0.2) is 4.39 Å². The number of piperidine rings is 1. The van der Waals surface area contributed by atoms with Gasteiger partial charge in [0, 0.05) is 12.5 Å². The van der Waals surface area contributed by atoms with Gasteiger partial charge in [0.25, 0.3) is 0 Å². The monoisotopic (exact) mass is 157 g/mol. The lowest BCUT2D eigenvalue weighted by Gasteiger charge is -2.37. The topological polar surface area (TPSA) is 3.24 Å². The minimum Gasteiger partial charge on any atom is -0.277 e. The fourth-order valence-corrected chi connectivity index (χ4v) is 2.72. The molecule has 4 unspecified atom stereocenters. The Kier molecular flexibility index (Phi) is 1.67. The van der Waals surface area contributed by atoms with E-state index in [0.29, 0.717) is 11.8 Å². The molecule has 1 saturated heterocycles. The molecule has 0 aromatic carbocycles. The number of likely N-dealkylation sites (tertiary alicyclic amines) is 1. The van der Waals surface area contributed by atoms with Crippen LogP contribution in [-0.4, -0.2) is 24.8 Å². The molecule has 2 bridgehead atoms. The molecule has 0 aromatic rings. The lowest BCUT2D eigenvalue weighted by molar-refractivity contribution is -0.0107. The van der Waals surface area contributed by atoms with Crippen LogP contribution in [0.5, 0.6) is 0 Å². The number of alkyl halides is 1. The lowest BCUT2D eigenvalue weighted by atomic mass is 9.86. The molecule has 4 atom stereocenters. The molecule has 0 aromatic heterocycles. The molecule has 2 aliphatic rings. The maximum atomic E-state index is 13.4. The molecule has 0 spiro atoms. The fraction of sp³-hybridized carbons (Fsp3) is 1.00. The van der Waals surface area contributed by atoms with E-state index in [1.54, 1.807) is 0 Å². The van der Waals surface area contributed by atoms with Gasteiger partial charge in [-0.1, -0.05) is 6.92 Å². The summed E-state index contributed by atoms with van der Waals surface area (Å²) in [6.45, 7) is 3.18. The van der Waals surface area contributed by atoms with Gasteiger partial charge >= 0.3 is 0 Å². The Balaban J connectivity index is 2.16. The molecule has 1 aliphatic carbocycles. The van der Waals surface area contributed by atoms with Gasteiger partial charge in [0.1, 0.15) is 0 Å². The van der Waals surface area contributed by atoms with Crippen molar-refractivity contribution in [2.75, 3.05) is 13.6 Å². The van der Waals surface area contributed by atoms with Crippen LogP contribution in [0.3, 0.4) is 0 Å². The van der Waals surface area contributed by atoms with Gasteiger partial charge in [-0.3, -0.25) is 4.90 Å². The second-order valence-corrected chi connectivity index (χ2v) is 4.17. The van der Waals surface area contributed by atoms with Gasteiger partial charge in [0.2, 0.25) is 0 Å². The summed E-state index contributed by atoms with van der Waals surface area (Å²) < 4.78 is 13.4. The predicted molar refractivity (Wildman–Crippen MR) is 42.9 cm³/mol. The highest BCUT2D eigenvalue weighted by Crippen LogP contribution is 2.44. The first kappa shape index (κ1) is 7.53. The van der Waals surface area contributed by atoms with E-state index in [0.717, 1.165) is 18.9 Å². The van der Waals surface area contributed by atoms with Crippen molar-refractivity contribution in [3.05, 3.63) is 0 Å². The van der Waals surface area contributed by atoms with Crippen molar-refractivity contribution in [2.45, 2.75) is 26.1 Å². The van der Waals surface area contributed by atoms with Crippen LogP contribution in [0.4, 0.5) is 4.39 Å². The van der Waals surface area contributed by atoms with Gasteiger partial charge in [-0.2, -0.15) is 0 Å². The molecule has 2 heteroatoms. The minimum absolute atomic E-state index is 0.332. The highest BCUT2D eigenvalue weighted by atomic mass is 19.1. The first-order chi connectivity index (χ1) is 5.20. The predicted octanol–water partition coefficient (Wildman–Crippen LogP) is 1.89. The van der Waals surface area contributed by atoms with E-state index in [-0.39, 0.29) is 0 Å². The number of hydrogen-bond donors (Lipinski definition) is 0. The van der Waals surface area contributed by atoms with Gasteiger partial charge < -0.3 is 0 Å². The van der Waals surface area contributed by atoms with E-state index in [2.05, 4.69) is 6.92 Å². The first-order valence-corrected chi connectivity index (χ1v) is 4.54. The van der Waals surface area contributed by atoms with Crippen molar-refractivity contribution in [3.63, 3.8) is 0 Å². The zero-order valence-corrected chi connectivity index (χ0v) is 7.26. The smallest absolute Gasteiger partial charge is 0.156 e. The Morgan fingerprint density at radius 1 is 1.36 bits per heavy atom. The van der Waals surface area contributed by atoms with E-state index in [9.17, 15) is 4.39 Å². The summed E-state index contributed by atoms with van der Waals surface area (Å²) in [5, 5.41) is 0. The third-order valence-electron chi connectivity index (χ3n) is 3.59. The molecule has 2 fully saturated rings. The summed E-state index contributed by atoms with van der Waals surface area (Å²) in [5.41, 5.74) is 0. The van der Waals surface area contributed by atoms with E-state index >= 15 is 0 Å². The minimum atomic E-state index is -0.663. The number of fused-ring (bicyclic) bond motifs is 2. The van der Waals surface area contributed by atoms with E-state index in [1.807, 2.05) is 11.9 Å². The molecule has 1 saturated carbocycles. The van der Waals surface area contributed by atoms with Crippen LogP contribution < -0.4 is 0 Å². The molecule has 1 heterocycles. The molecule has 64 valence electrons. The van der Waals surface area contributed by atoms with Crippen LogP contribution in [0.15, 0.2) is 0 Å². The standard InChI is InChI=1S/C9H16FN/c1-6-7-3-4-8(6)9(10)11(2)5-7/h6-9H,3-5H2,1-2H3. The quantitative estimate of drug-likeness (QED) is 0.485. The van der Waals surface area contributed by atoms with Crippen molar-refractivity contribution < 1.29 is 4.39 Å². The van der Waals surface area contributed by atoms with E-state index in [4.69, 9.17) is 0 Å². The summed E-state index contributed by atoms with van der Waals surface area (Å²) in [6, 6.07) is 0. The SMILES string of the molecule is CC1C2CCC1C(F)N(C)C2. The second-order valence-electron chi connectivity index (χ2n) is 4.17. The van der Waals surface area contributed by atoms with Crippen molar-refractivity contribution in [1.82, 2.24) is 4.90 Å². The summed E-state index contributed by atoms with van der Waals surface area (Å²) in [6.07, 6.45) is 1.69. The molecule has 0 amide bonds. The Bertz CT molecular complexity index is 160. The van der Waals surface area contributed by atoms with Crippen molar-refractivity contribution in [3.8, 4) is 0 Å². The zero-order valence-electron chi connectivity index (χ0n) is 7.26. The first-order valence-electron chi connectivity index (χ1n) is 4.54. The van der Waals surface area contributed by atoms with Gasteiger partial charge in [-0.15, -0.1) is 0 Å². The van der Waals surface area contributed by atoms with Crippen LogP contribution in [0.25, 0.3) is 0 Å². The normalized spacial score (nSPS) is 51.5. The number of halogens is 1. The average Bonchev–Trinajstić information content (AvgIpc) is 2.23. The van der Waals surface area contributed by atoms with Crippen molar-refractivity contribution in [2.24, 2.45) is 17.8 Å². The van der Waals surface area contributed by atoms with E-state index in [1.165, 1.54) is 6.42 Å². The van der Waals surface area contributed by atoms with Crippen LogP contribution in [0, 0.1) is 17.8 Å². The second kappa shape index (κ2) is 2.44. The maximum Gasteiger partial charge on any atom is 0.156 e. The molecule has 1 nitrogen and oxygen atoms in total. The van der Waals surface area contributed by atoms with Crippen molar-refractivity contribution in [1.29, 1.82) is 0 Å². The van der Waals surface area contributed by atoms with Crippen LogP contribution in [0.2, 0.25) is 0 Å². The Morgan fingerprint density at radius 3 is 2.82 bits per heavy atom. The molecule has 0 N–H and O–H groups in total. The molecule has 11 heavy (non-hydrogen) atoms. The van der Waals surface area contributed by atoms with E-state index < -0.39 is 6.30 Å². The Hall–Kier alpha value is -0.110. The van der Waals surface area contributed by atoms with Gasteiger partial charge in [0.15, 0.2) is 6.30 Å². The molecule has 2 rings (SSSR count). The summed E-state index contributed by atoms with van der Waals surface area (Å²) in [7, 11) is 1.90. The van der Waals surface area contributed by atoms with Crippen LogP contribution in [0.1, 0.15) is 19.8 Å². The highest BCUT2D eigenvalue weighted by molar-refractivity contribution is 4.92. The molecule has 1 aliphatic heterocycles. The maximum absolute atomic E-state index is 13.4. The zero-order chi connectivity index (χ0) is 8.01. The average molecular weight is 157 g/mol. The summed E-state index contributed by atoms with van der Waals surface area (Å²) in [5.74, 6) is 1.73. The van der Waals surface area contributed by atoms with Crippen molar-refractivity contribution >= 4 is 0 Å². The Morgan fingerprint density at radius 2 is 2.09 bits per heavy atom. The largest absolute Gasteiger partial charge is 0.277 e. The van der Waals surface area contributed by atoms with Crippen LogP contribution in [-0.2, 0) is 0 Å². The fourth-order valence-electron chi connectivity index (χ4n) is 2.72. The lowest BCUT2D eigenvalue weighted by Crippen LogP contribution is -2.44. The number of hydrogen-bond acceptors (Lipinski definition) is 1. The third kappa shape index (κ3) is 0.994. The molecular weight excluding hydrogens is 141 g/mol. The summed E-state index contributed by atoms with van der Waals surface area (Å²) >= 11 is 0. The van der Waals surface area contributed by atoms with Crippen LogP contribution >= 0.6 is 0 Å². The highest BCUT2D eigenvalue weighted by Gasteiger charge is 2.44. The Labute approximate surface area is 67.6 Å². The number of nitrogens with zero attached hydrogens (tertiary/aromatic N) is 1.